The molecule has 0 amide bonds. The van der Waals surface area contributed by atoms with Crippen LogP contribution in [0.5, 0.6) is 0 Å². The molecule has 1 aliphatic rings. The predicted molar refractivity (Wildman–Crippen MR) is 93.7 cm³/mol. The van der Waals surface area contributed by atoms with Gasteiger partial charge in [-0.2, -0.15) is 0 Å². The van der Waals surface area contributed by atoms with E-state index in [0.29, 0.717) is 6.61 Å². The number of nitrogens with zero attached hydrogens (tertiary/aromatic N) is 1. The minimum Gasteiger partial charge on any atom is -0.367 e. The van der Waals surface area contributed by atoms with Gasteiger partial charge in [-0.3, -0.25) is 14.9 Å². The number of ketones is 1. The van der Waals surface area contributed by atoms with Crippen molar-refractivity contribution in [2.45, 2.75) is 46.1 Å². The van der Waals surface area contributed by atoms with Crippen LogP contribution in [-0.4, -0.2) is 22.9 Å². The van der Waals surface area contributed by atoms with Crippen molar-refractivity contribution < 1.29 is 14.5 Å². The minimum atomic E-state index is -0.756. The molecule has 0 bridgehead atoms. The van der Waals surface area contributed by atoms with Gasteiger partial charge in [0.25, 0.3) is 5.69 Å². The Bertz CT molecular complexity index is 648. The molecular formula is C19H25NO4. The van der Waals surface area contributed by atoms with E-state index in [9.17, 15) is 14.9 Å². The molecule has 1 saturated carbocycles. The molecule has 0 aliphatic heterocycles. The third kappa shape index (κ3) is 3.41. The average Bonchev–Trinajstić information content (AvgIpc) is 2.54. The van der Waals surface area contributed by atoms with Gasteiger partial charge in [-0.15, -0.1) is 0 Å². The van der Waals surface area contributed by atoms with E-state index in [4.69, 9.17) is 4.74 Å². The fraction of sp³-hybridized carbons (Fsp3) is 0.526. The standard InChI is InChI=1S/C19H25NO4/c1-5-24-19(13(2)3)11-10-14(4)17(18(19)21)12-15-6-8-16(9-7-15)20(22)23/h6-9,12-14H,5,10-11H2,1-4H3/b17-12+/t14-,19+/m0/s1. The smallest absolute Gasteiger partial charge is 0.269 e. The monoisotopic (exact) mass is 331 g/mol. The molecule has 5 heteroatoms. The van der Waals surface area contributed by atoms with Crippen LogP contribution in [0.3, 0.4) is 0 Å². The summed E-state index contributed by atoms with van der Waals surface area (Å²) in [4.78, 5) is 23.5. The van der Waals surface area contributed by atoms with Crippen LogP contribution in [0.25, 0.3) is 6.08 Å². The summed E-state index contributed by atoms with van der Waals surface area (Å²) in [5, 5.41) is 10.8. The number of carbonyl (C=O) groups is 1. The van der Waals surface area contributed by atoms with Crippen LogP contribution in [-0.2, 0) is 9.53 Å². The highest BCUT2D eigenvalue weighted by Crippen LogP contribution is 2.41. The lowest BCUT2D eigenvalue weighted by molar-refractivity contribution is -0.384. The first kappa shape index (κ1) is 18.3. The van der Waals surface area contributed by atoms with Gasteiger partial charge in [0.15, 0.2) is 5.78 Å². The second kappa shape index (κ2) is 7.26. The van der Waals surface area contributed by atoms with E-state index in [1.54, 1.807) is 12.1 Å². The second-order valence-electron chi connectivity index (χ2n) is 6.69. The molecule has 1 aliphatic carbocycles. The molecule has 24 heavy (non-hydrogen) atoms. The SMILES string of the molecule is CCO[C@@]1(C(C)C)CC[C@H](C)/C(=C\c2ccc([N+](=O)[O-])cc2)C1=O. The summed E-state index contributed by atoms with van der Waals surface area (Å²) < 4.78 is 5.93. The summed E-state index contributed by atoms with van der Waals surface area (Å²) in [5.74, 6) is 0.300. The molecule has 2 rings (SSSR count). The predicted octanol–water partition coefficient (Wildman–Crippen LogP) is 4.41. The van der Waals surface area contributed by atoms with Crippen molar-refractivity contribution in [1.82, 2.24) is 0 Å². The van der Waals surface area contributed by atoms with E-state index in [1.165, 1.54) is 12.1 Å². The van der Waals surface area contributed by atoms with Gasteiger partial charge in [-0.25, -0.2) is 0 Å². The molecule has 130 valence electrons. The molecule has 0 spiro atoms. The van der Waals surface area contributed by atoms with Crippen LogP contribution >= 0.6 is 0 Å². The van der Waals surface area contributed by atoms with Gasteiger partial charge in [0, 0.05) is 24.3 Å². The molecule has 0 unspecified atom stereocenters. The highest BCUT2D eigenvalue weighted by Gasteiger charge is 2.47. The zero-order valence-electron chi connectivity index (χ0n) is 14.7. The Labute approximate surface area is 142 Å². The quantitative estimate of drug-likeness (QED) is 0.455. The van der Waals surface area contributed by atoms with E-state index in [2.05, 4.69) is 0 Å². The minimum absolute atomic E-state index is 0.0472. The number of nitro benzene ring substituents is 1. The van der Waals surface area contributed by atoms with Crippen molar-refractivity contribution in [1.29, 1.82) is 0 Å². The number of ether oxygens (including phenoxy) is 1. The first-order valence-corrected chi connectivity index (χ1v) is 8.46. The van der Waals surface area contributed by atoms with Crippen LogP contribution in [0.4, 0.5) is 5.69 Å². The van der Waals surface area contributed by atoms with E-state index in [0.717, 1.165) is 24.0 Å². The summed E-state index contributed by atoms with van der Waals surface area (Å²) in [6.45, 7) is 8.50. The number of nitro groups is 1. The van der Waals surface area contributed by atoms with Gasteiger partial charge in [0.2, 0.25) is 0 Å². The first-order valence-electron chi connectivity index (χ1n) is 8.46. The summed E-state index contributed by atoms with van der Waals surface area (Å²) in [7, 11) is 0. The van der Waals surface area contributed by atoms with Crippen molar-refractivity contribution in [2.24, 2.45) is 11.8 Å². The summed E-state index contributed by atoms with van der Waals surface area (Å²) in [5.41, 5.74) is 0.837. The van der Waals surface area contributed by atoms with E-state index in [1.807, 2.05) is 33.8 Å². The number of Topliss-reactive ketones (excluding diaryl/α,β-unsaturated/α-hetero) is 1. The Morgan fingerprint density at radius 3 is 2.50 bits per heavy atom. The molecular weight excluding hydrogens is 306 g/mol. The van der Waals surface area contributed by atoms with Gasteiger partial charge >= 0.3 is 0 Å². The Hall–Kier alpha value is -2.01. The van der Waals surface area contributed by atoms with Gasteiger partial charge in [0.1, 0.15) is 5.60 Å². The molecule has 0 aromatic heterocycles. The number of hydrogen-bond acceptors (Lipinski definition) is 4. The first-order chi connectivity index (χ1) is 11.3. The molecule has 1 fully saturated rings. The molecule has 0 radical (unpaired) electrons. The Morgan fingerprint density at radius 1 is 1.38 bits per heavy atom. The number of non-ortho nitro benzene ring substituents is 1. The Kier molecular flexibility index (Phi) is 5.54. The average molecular weight is 331 g/mol. The summed E-state index contributed by atoms with van der Waals surface area (Å²) in [6, 6.07) is 6.28. The van der Waals surface area contributed by atoms with Crippen molar-refractivity contribution in [2.75, 3.05) is 6.61 Å². The van der Waals surface area contributed by atoms with Gasteiger partial charge in [-0.1, -0.05) is 20.8 Å². The molecule has 0 heterocycles. The maximum atomic E-state index is 13.2. The van der Waals surface area contributed by atoms with E-state index >= 15 is 0 Å². The highest BCUT2D eigenvalue weighted by molar-refractivity contribution is 6.06. The van der Waals surface area contributed by atoms with Gasteiger partial charge in [0.05, 0.1) is 4.92 Å². The molecule has 0 N–H and O–H groups in total. The molecule has 5 nitrogen and oxygen atoms in total. The van der Waals surface area contributed by atoms with Gasteiger partial charge in [-0.05, 0) is 55.4 Å². The number of rotatable bonds is 5. The highest BCUT2D eigenvalue weighted by atomic mass is 16.6. The zero-order chi connectivity index (χ0) is 17.9. The summed E-state index contributed by atoms with van der Waals surface area (Å²) in [6.07, 6.45) is 3.48. The van der Waals surface area contributed by atoms with E-state index < -0.39 is 10.5 Å². The van der Waals surface area contributed by atoms with Crippen LogP contribution < -0.4 is 0 Å². The summed E-state index contributed by atoms with van der Waals surface area (Å²) >= 11 is 0. The fourth-order valence-corrected chi connectivity index (χ4v) is 3.36. The van der Waals surface area contributed by atoms with Crippen molar-refractivity contribution in [3.05, 3.63) is 45.5 Å². The normalized spacial score (nSPS) is 26.1. The van der Waals surface area contributed by atoms with Crippen LogP contribution in [0, 0.1) is 22.0 Å². The zero-order valence-corrected chi connectivity index (χ0v) is 14.7. The number of benzene rings is 1. The molecule has 1 aromatic carbocycles. The third-order valence-electron chi connectivity index (χ3n) is 4.89. The van der Waals surface area contributed by atoms with Crippen molar-refractivity contribution in [3.63, 3.8) is 0 Å². The number of hydrogen-bond donors (Lipinski definition) is 0. The molecule has 1 aromatic rings. The maximum absolute atomic E-state index is 13.2. The maximum Gasteiger partial charge on any atom is 0.269 e. The molecule has 0 saturated heterocycles. The Morgan fingerprint density at radius 2 is 2.00 bits per heavy atom. The van der Waals surface area contributed by atoms with Crippen molar-refractivity contribution in [3.8, 4) is 0 Å². The lowest BCUT2D eigenvalue weighted by Crippen LogP contribution is -2.51. The van der Waals surface area contributed by atoms with E-state index in [-0.39, 0.29) is 23.3 Å². The molecule has 2 atom stereocenters. The van der Waals surface area contributed by atoms with Crippen LogP contribution in [0.1, 0.15) is 46.1 Å². The van der Waals surface area contributed by atoms with Crippen LogP contribution in [0.2, 0.25) is 0 Å². The lowest BCUT2D eigenvalue weighted by Gasteiger charge is -2.42. The van der Waals surface area contributed by atoms with Crippen molar-refractivity contribution >= 4 is 17.5 Å². The fourth-order valence-electron chi connectivity index (χ4n) is 3.36. The number of carbonyl (C=O) groups excluding carboxylic acids is 1. The van der Waals surface area contributed by atoms with Crippen LogP contribution in [0.15, 0.2) is 29.8 Å². The second-order valence-corrected chi connectivity index (χ2v) is 6.69. The topological polar surface area (TPSA) is 69.4 Å². The Balaban J connectivity index is 2.39. The third-order valence-corrected chi connectivity index (χ3v) is 4.89. The lowest BCUT2D eigenvalue weighted by atomic mass is 9.69. The largest absolute Gasteiger partial charge is 0.367 e. The van der Waals surface area contributed by atoms with Gasteiger partial charge < -0.3 is 4.74 Å².